The Morgan fingerprint density at radius 3 is 2.86 bits per heavy atom. The maximum absolute atomic E-state index is 9.22. The van der Waals surface area contributed by atoms with Crippen molar-refractivity contribution in [1.29, 1.82) is 5.26 Å². The molecule has 0 unspecified atom stereocenters. The molecule has 152 valence electrons. The molecular formula is C23H29N5O. The lowest BCUT2D eigenvalue weighted by Crippen LogP contribution is -2.54. The van der Waals surface area contributed by atoms with Crippen molar-refractivity contribution in [3.05, 3.63) is 30.1 Å². The SMILES string of the molecule is N#Cc1ccc2ncnc(NC3CCC(N4CCC[C@H]5COCC[C@@H]54)CC3)c2c1. The monoisotopic (exact) mass is 391 g/mol. The van der Waals surface area contributed by atoms with E-state index in [-0.39, 0.29) is 0 Å². The van der Waals surface area contributed by atoms with Crippen LogP contribution in [-0.4, -0.2) is 52.8 Å². The Hall–Kier alpha value is -2.23. The summed E-state index contributed by atoms with van der Waals surface area (Å²) in [5.74, 6) is 1.60. The van der Waals surface area contributed by atoms with E-state index in [1.165, 1.54) is 51.5 Å². The zero-order valence-electron chi connectivity index (χ0n) is 16.9. The Balaban J connectivity index is 1.25. The molecule has 1 aliphatic carbocycles. The van der Waals surface area contributed by atoms with Crippen molar-refractivity contribution in [2.75, 3.05) is 25.1 Å². The van der Waals surface area contributed by atoms with Crippen LogP contribution in [0.2, 0.25) is 0 Å². The van der Waals surface area contributed by atoms with Gasteiger partial charge in [0.2, 0.25) is 0 Å². The summed E-state index contributed by atoms with van der Waals surface area (Å²) < 4.78 is 5.74. The van der Waals surface area contributed by atoms with Crippen LogP contribution < -0.4 is 5.32 Å². The third-order valence-electron chi connectivity index (χ3n) is 7.12. The molecule has 3 fully saturated rings. The van der Waals surface area contributed by atoms with Gasteiger partial charge in [-0.05, 0) is 75.6 Å². The van der Waals surface area contributed by atoms with E-state index in [0.717, 1.165) is 41.9 Å². The van der Waals surface area contributed by atoms with Gasteiger partial charge in [-0.25, -0.2) is 9.97 Å². The summed E-state index contributed by atoms with van der Waals surface area (Å²) in [6.07, 6.45) is 10.3. The average Bonchev–Trinajstić information content (AvgIpc) is 2.79. The van der Waals surface area contributed by atoms with Crippen LogP contribution in [-0.2, 0) is 4.74 Å². The van der Waals surface area contributed by atoms with E-state index in [9.17, 15) is 5.26 Å². The zero-order valence-corrected chi connectivity index (χ0v) is 16.9. The third-order valence-corrected chi connectivity index (χ3v) is 7.12. The fourth-order valence-electron chi connectivity index (χ4n) is 5.64. The number of hydrogen-bond acceptors (Lipinski definition) is 6. The van der Waals surface area contributed by atoms with Gasteiger partial charge >= 0.3 is 0 Å². The highest BCUT2D eigenvalue weighted by atomic mass is 16.5. The Morgan fingerprint density at radius 1 is 1.10 bits per heavy atom. The fourth-order valence-corrected chi connectivity index (χ4v) is 5.64. The van der Waals surface area contributed by atoms with Gasteiger partial charge in [0, 0.05) is 30.1 Å². The molecule has 1 aromatic carbocycles. The van der Waals surface area contributed by atoms with E-state index in [1.807, 2.05) is 18.2 Å². The molecule has 5 rings (SSSR count). The lowest BCUT2D eigenvalue weighted by molar-refractivity contribution is -0.0563. The number of nitriles is 1. The average molecular weight is 392 g/mol. The van der Waals surface area contributed by atoms with Crippen LogP contribution in [0.25, 0.3) is 10.9 Å². The molecule has 3 heterocycles. The summed E-state index contributed by atoms with van der Waals surface area (Å²) in [6.45, 7) is 3.15. The van der Waals surface area contributed by atoms with Crippen molar-refractivity contribution < 1.29 is 4.74 Å². The molecular weight excluding hydrogens is 362 g/mol. The minimum Gasteiger partial charge on any atom is -0.381 e. The van der Waals surface area contributed by atoms with Crippen LogP contribution in [0.4, 0.5) is 5.82 Å². The first-order valence-electron chi connectivity index (χ1n) is 11.1. The van der Waals surface area contributed by atoms with Crippen LogP contribution in [0.5, 0.6) is 0 Å². The van der Waals surface area contributed by atoms with Gasteiger partial charge in [0.05, 0.1) is 23.8 Å². The van der Waals surface area contributed by atoms with Crippen LogP contribution in [0, 0.1) is 17.2 Å². The summed E-state index contributed by atoms with van der Waals surface area (Å²) >= 11 is 0. The predicted molar refractivity (Wildman–Crippen MR) is 113 cm³/mol. The van der Waals surface area contributed by atoms with Crippen molar-refractivity contribution >= 4 is 16.7 Å². The first-order chi connectivity index (χ1) is 14.3. The van der Waals surface area contributed by atoms with Gasteiger partial charge < -0.3 is 10.1 Å². The molecule has 2 aliphatic heterocycles. The molecule has 3 aliphatic rings. The molecule has 1 N–H and O–H groups in total. The minimum absolute atomic E-state index is 0.436. The highest BCUT2D eigenvalue weighted by molar-refractivity contribution is 5.89. The summed E-state index contributed by atoms with van der Waals surface area (Å²) in [5.41, 5.74) is 1.53. The maximum atomic E-state index is 9.22. The third kappa shape index (κ3) is 3.82. The highest BCUT2D eigenvalue weighted by Gasteiger charge is 2.38. The van der Waals surface area contributed by atoms with Gasteiger partial charge in [-0.15, -0.1) is 0 Å². The number of hydrogen-bond donors (Lipinski definition) is 1. The molecule has 2 atom stereocenters. The number of rotatable bonds is 3. The second-order valence-corrected chi connectivity index (χ2v) is 8.79. The number of aromatic nitrogens is 2. The van der Waals surface area contributed by atoms with Crippen molar-refractivity contribution in [1.82, 2.24) is 14.9 Å². The second kappa shape index (κ2) is 8.25. The molecule has 6 nitrogen and oxygen atoms in total. The Labute approximate surface area is 172 Å². The fraction of sp³-hybridized carbons (Fsp3) is 0.609. The van der Waals surface area contributed by atoms with Crippen molar-refractivity contribution in [2.24, 2.45) is 5.92 Å². The lowest BCUT2D eigenvalue weighted by Gasteiger charge is -2.49. The quantitative estimate of drug-likeness (QED) is 0.859. The van der Waals surface area contributed by atoms with E-state index in [2.05, 4.69) is 26.3 Å². The van der Waals surface area contributed by atoms with Crippen molar-refractivity contribution in [3.63, 3.8) is 0 Å². The van der Waals surface area contributed by atoms with E-state index in [4.69, 9.17) is 4.74 Å². The van der Waals surface area contributed by atoms with Gasteiger partial charge in [0.15, 0.2) is 0 Å². The van der Waals surface area contributed by atoms with E-state index < -0.39 is 0 Å². The summed E-state index contributed by atoms with van der Waals surface area (Å²) in [6, 6.07) is 9.71. The first-order valence-corrected chi connectivity index (χ1v) is 11.1. The van der Waals surface area contributed by atoms with Gasteiger partial charge in [-0.3, -0.25) is 4.90 Å². The molecule has 0 bridgehead atoms. The van der Waals surface area contributed by atoms with Gasteiger partial charge in [-0.1, -0.05) is 0 Å². The molecule has 0 spiro atoms. The summed E-state index contributed by atoms with van der Waals surface area (Å²) in [4.78, 5) is 11.7. The van der Waals surface area contributed by atoms with Crippen LogP contribution >= 0.6 is 0 Å². The Bertz CT molecular complexity index is 900. The molecule has 29 heavy (non-hydrogen) atoms. The van der Waals surface area contributed by atoms with Crippen molar-refractivity contribution in [3.8, 4) is 6.07 Å². The Kier molecular flexibility index (Phi) is 5.34. The van der Waals surface area contributed by atoms with E-state index in [0.29, 0.717) is 17.6 Å². The van der Waals surface area contributed by atoms with Crippen molar-refractivity contribution in [2.45, 2.75) is 63.1 Å². The van der Waals surface area contributed by atoms with Crippen LogP contribution in [0.1, 0.15) is 50.5 Å². The second-order valence-electron chi connectivity index (χ2n) is 8.79. The summed E-state index contributed by atoms with van der Waals surface area (Å²) in [7, 11) is 0. The topological polar surface area (TPSA) is 74.1 Å². The number of likely N-dealkylation sites (tertiary alicyclic amines) is 1. The smallest absolute Gasteiger partial charge is 0.137 e. The molecule has 2 aromatic rings. The molecule has 1 aromatic heterocycles. The maximum Gasteiger partial charge on any atom is 0.137 e. The molecule has 2 saturated heterocycles. The Morgan fingerprint density at radius 2 is 2.00 bits per heavy atom. The van der Waals surface area contributed by atoms with Gasteiger partial charge in [-0.2, -0.15) is 5.26 Å². The van der Waals surface area contributed by atoms with Gasteiger partial charge in [0.25, 0.3) is 0 Å². The van der Waals surface area contributed by atoms with Crippen LogP contribution in [0.3, 0.4) is 0 Å². The number of anilines is 1. The number of benzene rings is 1. The normalized spacial score (nSPS) is 30.4. The standard InChI is InChI=1S/C23H29N5O/c24-13-16-3-8-21-20(12-16)23(26-15-25-21)27-18-4-6-19(7-5-18)28-10-1-2-17-14-29-11-9-22(17)28/h3,8,12,15,17-19,22H,1-2,4-7,9-11,14H2,(H,25,26,27)/t17-,18?,19?,22-/m0/s1. The largest absolute Gasteiger partial charge is 0.381 e. The minimum atomic E-state index is 0.436. The molecule has 0 radical (unpaired) electrons. The number of fused-ring (bicyclic) bond motifs is 2. The van der Waals surface area contributed by atoms with Gasteiger partial charge in [0.1, 0.15) is 12.1 Å². The van der Waals surface area contributed by atoms with E-state index >= 15 is 0 Å². The zero-order chi connectivity index (χ0) is 19.6. The lowest BCUT2D eigenvalue weighted by atomic mass is 9.82. The molecule has 1 saturated carbocycles. The number of piperidine rings is 1. The summed E-state index contributed by atoms with van der Waals surface area (Å²) in [5, 5.41) is 13.8. The van der Waals surface area contributed by atoms with E-state index in [1.54, 1.807) is 6.33 Å². The molecule has 0 amide bonds. The first kappa shape index (κ1) is 18.8. The van der Waals surface area contributed by atoms with Crippen LogP contribution in [0.15, 0.2) is 24.5 Å². The number of nitrogens with zero attached hydrogens (tertiary/aromatic N) is 4. The predicted octanol–water partition coefficient (Wildman–Crippen LogP) is 3.73. The highest BCUT2D eigenvalue weighted by Crippen LogP contribution is 2.35. The number of nitrogens with one attached hydrogen (secondary N) is 1. The number of ether oxygens (including phenoxy) is 1. The molecule has 6 heteroatoms.